The highest BCUT2D eigenvalue weighted by molar-refractivity contribution is 6.31. The molecule has 5 heteroatoms. The number of ether oxygens (including phenoxy) is 2. The molecule has 1 rings (SSSR count). The molecule has 0 bridgehead atoms. The largest absolute Gasteiger partial charge is 0.496 e. The lowest BCUT2D eigenvalue weighted by atomic mass is 10.0. The van der Waals surface area contributed by atoms with Crippen LogP contribution in [0.4, 0.5) is 0 Å². The van der Waals surface area contributed by atoms with E-state index in [0.29, 0.717) is 16.3 Å². The fourth-order valence-corrected chi connectivity index (χ4v) is 2.69. The molecular formula is C17H26ClNO3. The first-order valence-electron chi connectivity index (χ1n) is 7.66. The summed E-state index contributed by atoms with van der Waals surface area (Å²) in [5.41, 5.74) is 1.33. The molecule has 0 saturated carbocycles. The van der Waals surface area contributed by atoms with Gasteiger partial charge in [0.2, 0.25) is 0 Å². The summed E-state index contributed by atoms with van der Waals surface area (Å²) in [4.78, 5) is 12.6. The van der Waals surface area contributed by atoms with Crippen LogP contribution in [0.1, 0.15) is 49.0 Å². The Kier molecular flexibility index (Phi) is 7.69. The standard InChI is InChI=1S/C17H26ClNO3/c1-6-8-14(15(7-2)21-4)19-17(20)12-10-13(18)11(3)9-16(12)22-5/h9-10,14-15H,6-8H2,1-5H3,(H,19,20). The molecule has 2 atom stereocenters. The topological polar surface area (TPSA) is 47.6 Å². The summed E-state index contributed by atoms with van der Waals surface area (Å²) < 4.78 is 10.8. The molecule has 0 saturated heterocycles. The molecule has 1 amide bonds. The molecule has 0 aliphatic rings. The monoisotopic (exact) mass is 327 g/mol. The van der Waals surface area contributed by atoms with Crippen molar-refractivity contribution in [1.82, 2.24) is 5.32 Å². The number of carbonyl (C=O) groups is 1. The molecule has 1 aromatic carbocycles. The zero-order valence-corrected chi connectivity index (χ0v) is 14.8. The van der Waals surface area contributed by atoms with Crippen molar-refractivity contribution < 1.29 is 14.3 Å². The minimum atomic E-state index is -0.187. The zero-order valence-electron chi connectivity index (χ0n) is 14.0. The summed E-state index contributed by atoms with van der Waals surface area (Å²) in [5, 5.41) is 3.61. The van der Waals surface area contributed by atoms with Gasteiger partial charge in [-0.15, -0.1) is 0 Å². The number of hydrogen-bond acceptors (Lipinski definition) is 3. The predicted molar refractivity (Wildman–Crippen MR) is 90.0 cm³/mol. The number of benzene rings is 1. The number of halogens is 1. The predicted octanol–water partition coefficient (Wildman–Crippen LogP) is 3.98. The molecule has 0 fully saturated rings. The van der Waals surface area contributed by atoms with Gasteiger partial charge in [0.05, 0.1) is 24.8 Å². The van der Waals surface area contributed by atoms with E-state index in [1.54, 1.807) is 26.4 Å². The maximum atomic E-state index is 12.6. The number of nitrogens with one attached hydrogen (secondary N) is 1. The van der Waals surface area contributed by atoms with Crippen molar-refractivity contribution in [3.63, 3.8) is 0 Å². The van der Waals surface area contributed by atoms with E-state index in [1.165, 1.54) is 0 Å². The lowest BCUT2D eigenvalue weighted by Gasteiger charge is -2.26. The summed E-state index contributed by atoms with van der Waals surface area (Å²) in [6, 6.07) is 3.40. The SMILES string of the molecule is CCCC(NC(=O)c1cc(Cl)c(C)cc1OC)C(CC)OC. The third-order valence-corrected chi connectivity index (χ3v) is 4.20. The summed E-state index contributed by atoms with van der Waals surface area (Å²) in [6.45, 7) is 6.02. The van der Waals surface area contributed by atoms with Crippen LogP contribution in [0.3, 0.4) is 0 Å². The van der Waals surface area contributed by atoms with E-state index in [0.717, 1.165) is 24.8 Å². The van der Waals surface area contributed by atoms with E-state index in [-0.39, 0.29) is 18.1 Å². The molecule has 22 heavy (non-hydrogen) atoms. The van der Waals surface area contributed by atoms with Gasteiger partial charge >= 0.3 is 0 Å². The molecule has 4 nitrogen and oxygen atoms in total. The molecular weight excluding hydrogens is 302 g/mol. The molecule has 1 aromatic rings. The van der Waals surface area contributed by atoms with Crippen LogP contribution < -0.4 is 10.1 Å². The second-order valence-corrected chi connectivity index (χ2v) is 5.76. The molecule has 0 spiro atoms. The van der Waals surface area contributed by atoms with Crippen LogP contribution in [0.15, 0.2) is 12.1 Å². The van der Waals surface area contributed by atoms with Gasteiger partial charge in [0.15, 0.2) is 0 Å². The van der Waals surface area contributed by atoms with Crippen LogP contribution in [-0.4, -0.2) is 32.3 Å². The Morgan fingerprint density at radius 1 is 1.32 bits per heavy atom. The summed E-state index contributed by atoms with van der Waals surface area (Å²) in [7, 11) is 3.22. The molecule has 0 aromatic heterocycles. The van der Waals surface area contributed by atoms with Gasteiger partial charge in [-0.3, -0.25) is 4.79 Å². The lowest BCUT2D eigenvalue weighted by Crippen LogP contribution is -2.44. The van der Waals surface area contributed by atoms with Gasteiger partial charge in [0.1, 0.15) is 5.75 Å². The first-order chi connectivity index (χ1) is 10.5. The van der Waals surface area contributed by atoms with E-state index in [2.05, 4.69) is 12.2 Å². The normalized spacial score (nSPS) is 13.5. The second-order valence-electron chi connectivity index (χ2n) is 5.35. The number of amides is 1. The Balaban J connectivity index is 3.01. The third kappa shape index (κ3) is 4.62. The highest BCUT2D eigenvalue weighted by Crippen LogP contribution is 2.27. The van der Waals surface area contributed by atoms with Gasteiger partial charge in [-0.05, 0) is 37.5 Å². The van der Waals surface area contributed by atoms with Crippen LogP contribution in [0, 0.1) is 6.92 Å². The van der Waals surface area contributed by atoms with Crippen molar-refractivity contribution >= 4 is 17.5 Å². The second kappa shape index (κ2) is 9.01. The Labute approximate surface area is 138 Å². The minimum absolute atomic E-state index is 0.00387. The van der Waals surface area contributed by atoms with Crippen LogP contribution in [0.25, 0.3) is 0 Å². The van der Waals surface area contributed by atoms with Gasteiger partial charge < -0.3 is 14.8 Å². The average Bonchev–Trinajstić information content (AvgIpc) is 2.50. The lowest BCUT2D eigenvalue weighted by molar-refractivity contribution is 0.0558. The third-order valence-electron chi connectivity index (χ3n) is 3.80. The fraction of sp³-hybridized carbons (Fsp3) is 0.588. The van der Waals surface area contributed by atoms with E-state index in [9.17, 15) is 4.79 Å². The molecule has 124 valence electrons. The van der Waals surface area contributed by atoms with Gasteiger partial charge in [0.25, 0.3) is 5.91 Å². The van der Waals surface area contributed by atoms with Gasteiger partial charge in [-0.2, -0.15) is 0 Å². The molecule has 0 aliphatic heterocycles. The summed E-state index contributed by atoms with van der Waals surface area (Å²) in [6.07, 6.45) is 2.67. The van der Waals surface area contributed by atoms with E-state index < -0.39 is 0 Å². The smallest absolute Gasteiger partial charge is 0.255 e. The quantitative estimate of drug-likeness (QED) is 0.785. The van der Waals surface area contributed by atoms with E-state index in [4.69, 9.17) is 21.1 Å². The fourth-order valence-electron chi connectivity index (χ4n) is 2.52. The van der Waals surface area contributed by atoms with Gasteiger partial charge in [0, 0.05) is 12.1 Å². The average molecular weight is 328 g/mol. The Morgan fingerprint density at radius 2 is 2.00 bits per heavy atom. The van der Waals surface area contributed by atoms with Crippen molar-refractivity contribution in [2.24, 2.45) is 0 Å². The van der Waals surface area contributed by atoms with Crippen molar-refractivity contribution in [1.29, 1.82) is 0 Å². The number of aryl methyl sites for hydroxylation is 1. The van der Waals surface area contributed by atoms with Crippen molar-refractivity contribution in [2.45, 2.75) is 52.2 Å². The first kappa shape index (κ1) is 18.8. The van der Waals surface area contributed by atoms with E-state index >= 15 is 0 Å². The zero-order chi connectivity index (χ0) is 16.7. The molecule has 2 unspecified atom stereocenters. The summed E-state index contributed by atoms with van der Waals surface area (Å²) in [5.74, 6) is 0.341. The van der Waals surface area contributed by atoms with E-state index in [1.807, 2.05) is 13.8 Å². The maximum absolute atomic E-state index is 12.6. The molecule has 1 N–H and O–H groups in total. The highest BCUT2D eigenvalue weighted by atomic mass is 35.5. The van der Waals surface area contributed by atoms with Gasteiger partial charge in [-0.25, -0.2) is 0 Å². The number of methoxy groups -OCH3 is 2. The van der Waals surface area contributed by atoms with Crippen LogP contribution >= 0.6 is 11.6 Å². The Hall–Kier alpha value is -1.26. The van der Waals surface area contributed by atoms with Gasteiger partial charge in [-0.1, -0.05) is 31.9 Å². The van der Waals surface area contributed by atoms with Crippen LogP contribution in [-0.2, 0) is 4.74 Å². The van der Waals surface area contributed by atoms with Crippen LogP contribution in [0.5, 0.6) is 5.75 Å². The first-order valence-corrected chi connectivity index (χ1v) is 8.03. The Bertz CT molecular complexity index is 501. The highest BCUT2D eigenvalue weighted by Gasteiger charge is 2.23. The maximum Gasteiger partial charge on any atom is 0.255 e. The van der Waals surface area contributed by atoms with Crippen LogP contribution in [0.2, 0.25) is 5.02 Å². The molecule has 0 heterocycles. The van der Waals surface area contributed by atoms with Crippen molar-refractivity contribution in [3.05, 3.63) is 28.3 Å². The molecule has 0 radical (unpaired) electrons. The number of rotatable bonds is 8. The minimum Gasteiger partial charge on any atom is -0.496 e. The molecule has 0 aliphatic carbocycles. The summed E-state index contributed by atoms with van der Waals surface area (Å²) >= 11 is 6.14. The number of carbonyl (C=O) groups excluding carboxylic acids is 1. The van der Waals surface area contributed by atoms with Crippen molar-refractivity contribution in [2.75, 3.05) is 14.2 Å². The van der Waals surface area contributed by atoms with Crippen molar-refractivity contribution in [3.8, 4) is 5.75 Å². The Morgan fingerprint density at radius 3 is 2.50 bits per heavy atom. The number of hydrogen-bond donors (Lipinski definition) is 1.